The average molecular weight is 218 g/mol. The Morgan fingerprint density at radius 3 is 2.43 bits per heavy atom. The van der Waals surface area contributed by atoms with E-state index in [1.54, 1.807) is 6.07 Å². The summed E-state index contributed by atoms with van der Waals surface area (Å²) in [7, 11) is -3.44. The van der Waals surface area contributed by atoms with Crippen LogP contribution in [0.3, 0.4) is 0 Å². The fourth-order valence-corrected chi connectivity index (χ4v) is 2.57. The largest absolute Gasteiger partial charge is 0.393 e. The van der Waals surface area contributed by atoms with Gasteiger partial charge in [-0.05, 0) is 25.7 Å². The van der Waals surface area contributed by atoms with Crippen LogP contribution < -0.4 is 4.72 Å². The van der Waals surface area contributed by atoms with Crippen molar-refractivity contribution in [3.63, 3.8) is 0 Å². The molecule has 80 valence electrons. The number of rotatable bonds is 3. The Kier molecular flexibility index (Phi) is 3.86. The van der Waals surface area contributed by atoms with Crippen molar-refractivity contribution >= 4 is 10.0 Å². The third kappa shape index (κ3) is 3.62. The van der Waals surface area contributed by atoms with E-state index in [4.69, 9.17) is 5.26 Å². The van der Waals surface area contributed by atoms with E-state index < -0.39 is 15.8 Å². The molecule has 0 spiro atoms. The van der Waals surface area contributed by atoms with Crippen LogP contribution in [-0.4, -0.2) is 31.4 Å². The monoisotopic (exact) mass is 218 g/mol. The van der Waals surface area contributed by atoms with Gasteiger partial charge in [0.25, 0.3) is 0 Å². The Hall–Kier alpha value is -0.640. The normalized spacial score (nSPS) is 28.3. The van der Waals surface area contributed by atoms with Crippen LogP contribution in [0.25, 0.3) is 0 Å². The van der Waals surface area contributed by atoms with Crippen LogP contribution in [0.4, 0.5) is 0 Å². The number of nitriles is 1. The van der Waals surface area contributed by atoms with E-state index in [0.29, 0.717) is 25.7 Å². The SMILES string of the molecule is N#CCS(=O)(=O)NC1CCC(O)CC1. The van der Waals surface area contributed by atoms with Gasteiger partial charge < -0.3 is 5.11 Å². The standard InChI is InChI=1S/C8H14N2O3S/c9-5-6-14(12,13)10-7-1-3-8(11)4-2-7/h7-8,10-11H,1-4,6H2. The molecule has 1 rings (SSSR count). The van der Waals surface area contributed by atoms with E-state index in [0.717, 1.165) is 0 Å². The minimum absolute atomic E-state index is 0.114. The molecule has 5 nitrogen and oxygen atoms in total. The Balaban J connectivity index is 2.42. The van der Waals surface area contributed by atoms with Crippen LogP contribution in [0, 0.1) is 11.3 Å². The summed E-state index contributed by atoms with van der Waals surface area (Å²) >= 11 is 0. The van der Waals surface area contributed by atoms with Crippen LogP contribution in [0.2, 0.25) is 0 Å². The molecule has 1 aliphatic carbocycles. The highest BCUT2D eigenvalue weighted by molar-refractivity contribution is 7.89. The maximum absolute atomic E-state index is 11.2. The van der Waals surface area contributed by atoms with Crippen molar-refractivity contribution < 1.29 is 13.5 Å². The molecule has 6 heteroatoms. The second-order valence-corrected chi connectivity index (χ2v) is 5.29. The zero-order valence-corrected chi connectivity index (χ0v) is 8.63. The number of nitrogens with zero attached hydrogens (tertiary/aromatic N) is 1. The molecule has 0 atom stereocenters. The van der Waals surface area contributed by atoms with Gasteiger partial charge in [-0.1, -0.05) is 0 Å². The van der Waals surface area contributed by atoms with Crippen molar-refractivity contribution in [2.45, 2.75) is 37.8 Å². The fourth-order valence-electron chi connectivity index (χ4n) is 1.57. The second kappa shape index (κ2) is 4.73. The molecule has 0 unspecified atom stereocenters. The summed E-state index contributed by atoms with van der Waals surface area (Å²) in [6.45, 7) is 0. The smallest absolute Gasteiger partial charge is 0.225 e. The van der Waals surface area contributed by atoms with E-state index >= 15 is 0 Å². The molecule has 0 saturated heterocycles. The molecule has 0 aromatic carbocycles. The first kappa shape index (κ1) is 11.4. The number of nitrogens with one attached hydrogen (secondary N) is 1. The maximum Gasteiger partial charge on any atom is 0.225 e. The number of aliphatic hydroxyl groups excluding tert-OH is 1. The lowest BCUT2D eigenvalue weighted by Gasteiger charge is -2.25. The number of hydrogen-bond acceptors (Lipinski definition) is 4. The molecular formula is C8H14N2O3S. The van der Waals surface area contributed by atoms with Crippen molar-refractivity contribution in [2.24, 2.45) is 0 Å². The minimum atomic E-state index is -3.44. The van der Waals surface area contributed by atoms with Crippen LogP contribution in [0.1, 0.15) is 25.7 Å². The van der Waals surface area contributed by atoms with E-state index in [9.17, 15) is 13.5 Å². The van der Waals surface area contributed by atoms with Gasteiger partial charge in [0.05, 0.1) is 12.2 Å². The van der Waals surface area contributed by atoms with E-state index in [1.165, 1.54) is 0 Å². The lowest BCUT2D eigenvalue weighted by atomic mass is 9.94. The predicted molar refractivity (Wildman–Crippen MR) is 50.8 cm³/mol. The zero-order valence-electron chi connectivity index (χ0n) is 7.81. The third-order valence-corrected chi connectivity index (χ3v) is 3.50. The van der Waals surface area contributed by atoms with Crippen molar-refractivity contribution in [2.75, 3.05) is 5.75 Å². The Bertz CT molecular complexity index is 312. The molecule has 1 fully saturated rings. The summed E-state index contributed by atoms with van der Waals surface area (Å²) in [4.78, 5) is 0. The van der Waals surface area contributed by atoms with E-state index in [2.05, 4.69) is 4.72 Å². The Morgan fingerprint density at radius 1 is 1.36 bits per heavy atom. The van der Waals surface area contributed by atoms with Gasteiger partial charge in [-0.25, -0.2) is 13.1 Å². The first-order chi connectivity index (χ1) is 6.53. The predicted octanol–water partition coefficient (Wildman–Crippen LogP) is -0.267. The number of hydrogen-bond donors (Lipinski definition) is 2. The lowest BCUT2D eigenvalue weighted by molar-refractivity contribution is 0.120. The van der Waals surface area contributed by atoms with Gasteiger partial charge in [-0.2, -0.15) is 5.26 Å². The molecule has 2 N–H and O–H groups in total. The van der Waals surface area contributed by atoms with Crippen molar-refractivity contribution in [1.82, 2.24) is 4.72 Å². The highest BCUT2D eigenvalue weighted by Crippen LogP contribution is 2.18. The number of sulfonamides is 1. The zero-order chi connectivity index (χ0) is 10.6. The molecule has 1 saturated carbocycles. The first-order valence-electron chi connectivity index (χ1n) is 4.58. The van der Waals surface area contributed by atoms with Gasteiger partial charge in [-0.15, -0.1) is 0 Å². The van der Waals surface area contributed by atoms with Gasteiger partial charge in [0.1, 0.15) is 0 Å². The average Bonchev–Trinajstić information content (AvgIpc) is 2.08. The molecule has 14 heavy (non-hydrogen) atoms. The molecule has 0 radical (unpaired) electrons. The fraction of sp³-hybridized carbons (Fsp3) is 0.875. The van der Waals surface area contributed by atoms with Gasteiger partial charge in [0.15, 0.2) is 5.75 Å². The highest BCUT2D eigenvalue weighted by atomic mass is 32.2. The topological polar surface area (TPSA) is 90.2 Å². The van der Waals surface area contributed by atoms with Crippen molar-refractivity contribution in [3.05, 3.63) is 0 Å². The van der Waals surface area contributed by atoms with Crippen LogP contribution in [-0.2, 0) is 10.0 Å². The molecule has 0 aliphatic heterocycles. The Morgan fingerprint density at radius 2 is 1.93 bits per heavy atom. The van der Waals surface area contributed by atoms with Gasteiger partial charge in [0, 0.05) is 6.04 Å². The summed E-state index contributed by atoms with van der Waals surface area (Å²) in [5, 5.41) is 17.5. The van der Waals surface area contributed by atoms with E-state index in [-0.39, 0.29) is 12.1 Å². The lowest BCUT2D eigenvalue weighted by Crippen LogP contribution is -2.39. The minimum Gasteiger partial charge on any atom is -0.393 e. The second-order valence-electron chi connectivity index (χ2n) is 3.54. The summed E-state index contributed by atoms with van der Waals surface area (Å²) < 4.78 is 24.8. The van der Waals surface area contributed by atoms with Crippen LogP contribution in [0.15, 0.2) is 0 Å². The summed E-state index contributed by atoms with van der Waals surface area (Å²) in [5.41, 5.74) is 0. The molecule has 1 aliphatic rings. The highest BCUT2D eigenvalue weighted by Gasteiger charge is 2.23. The molecule has 0 amide bonds. The van der Waals surface area contributed by atoms with Crippen LogP contribution >= 0.6 is 0 Å². The van der Waals surface area contributed by atoms with E-state index in [1.807, 2.05) is 0 Å². The van der Waals surface area contributed by atoms with Gasteiger partial charge >= 0.3 is 0 Å². The molecule has 0 heterocycles. The Labute approximate surface area is 83.8 Å². The molecule has 0 aromatic rings. The van der Waals surface area contributed by atoms with Gasteiger partial charge in [0.2, 0.25) is 10.0 Å². The van der Waals surface area contributed by atoms with Crippen molar-refractivity contribution in [3.8, 4) is 6.07 Å². The summed E-state index contributed by atoms with van der Waals surface area (Å²) in [5.74, 6) is -0.494. The first-order valence-corrected chi connectivity index (χ1v) is 6.24. The van der Waals surface area contributed by atoms with Crippen LogP contribution in [0.5, 0.6) is 0 Å². The molecular weight excluding hydrogens is 204 g/mol. The number of aliphatic hydroxyl groups is 1. The maximum atomic E-state index is 11.2. The van der Waals surface area contributed by atoms with Crippen molar-refractivity contribution in [1.29, 1.82) is 5.26 Å². The molecule has 0 aromatic heterocycles. The summed E-state index contributed by atoms with van der Waals surface area (Å²) in [6, 6.07) is 1.49. The third-order valence-electron chi connectivity index (χ3n) is 2.30. The van der Waals surface area contributed by atoms with Gasteiger partial charge in [-0.3, -0.25) is 0 Å². The molecule has 0 bridgehead atoms. The summed E-state index contributed by atoms with van der Waals surface area (Å²) in [6.07, 6.45) is 2.24. The quantitative estimate of drug-likeness (QED) is 0.682.